The summed E-state index contributed by atoms with van der Waals surface area (Å²) in [6.45, 7) is -0.511. The van der Waals surface area contributed by atoms with E-state index in [1.165, 1.54) is 12.3 Å². The summed E-state index contributed by atoms with van der Waals surface area (Å²) in [5, 5.41) is 13.2. The summed E-state index contributed by atoms with van der Waals surface area (Å²) in [6.07, 6.45) is 1.39. The van der Waals surface area contributed by atoms with Crippen molar-refractivity contribution in [2.45, 2.75) is 0 Å². The number of hydrogen-bond acceptors (Lipinski definition) is 4. The zero-order chi connectivity index (χ0) is 18.4. The van der Waals surface area contributed by atoms with Gasteiger partial charge in [-0.3, -0.25) is 4.79 Å². The summed E-state index contributed by atoms with van der Waals surface area (Å²) in [5.74, 6) is -1.29. The van der Waals surface area contributed by atoms with Crippen LogP contribution in [0.15, 0.2) is 46.0 Å². The standard InChI is InChI=1S/C16H11BrCl2N2O4/c17-12-5-9(6-13(19)15(12)25-8-14(22)23)7-20-21-16(24)10-1-3-11(18)4-2-10/h1-7H,8H2,(H,21,24)(H,22,23)/b20-7-. The van der Waals surface area contributed by atoms with Gasteiger partial charge in [-0.05, 0) is 57.9 Å². The molecule has 6 nitrogen and oxygen atoms in total. The first kappa shape index (κ1) is 19.2. The molecule has 0 bridgehead atoms. The van der Waals surface area contributed by atoms with Gasteiger partial charge in [0.15, 0.2) is 12.4 Å². The average Bonchev–Trinajstić information content (AvgIpc) is 2.54. The van der Waals surface area contributed by atoms with E-state index in [4.69, 9.17) is 33.0 Å². The quantitative estimate of drug-likeness (QED) is 0.519. The van der Waals surface area contributed by atoms with Crippen molar-refractivity contribution in [2.24, 2.45) is 5.10 Å². The Morgan fingerprint density at radius 1 is 1.24 bits per heavy atom. The number of rotatable bonds is 6. The van der Waals surface area contributed by atoms with E-state index in [9.17, 15) is 9.59 Å². The van der Waals surface area contributed by atoms with Crippen molar-refractivity contribution in [1.82, 2.24) is 5.43 Å². The molecular formula is C16H11BrCl2N2O4. The lowest BCUT2D eigenvalue weighted by Gasteiger charge is -2.09. The van der Waals surface area contributed by atoms with E-state index in [1.807, 2.05) is 0 Å². The second kappa shape index (κ2) is 8.84. The van der Waals surface area contributed by atoms with Gasteiger partial charge in [0.2, 0.25) is 0 Å². The summed E-state index contributed by atoms with van der Waals surface area (Å²) < 4.78 is 5.56. The number of nitrogens with one attached hydrogen (secondary N) is 1. The zero-order valence-corrected chi connectivity index (χ0v) is 15.6. The number of carboxylic acids is 1. The van der Waals surface area contributed by atoms with Crippen LogP contribution in [0.3, 0.4) is 0 Å². The van der Waals surface area contributed by atoms with Gasteiger partial charge in [-0.2, -0.15) is 5.10 Å². The second-order valence-electron chi connectivity index (χ2n) is 4.70. The first-order chi connectivity index (χ1) is 11.9. The van der Waals surface area contributed by atoms with Crippen LogP contribution >= 0.6 is 39.1 Å². The lowest BCUT2D eigenvalue weighted by atomic mass is 10.2. The monoisotopic (exact) mass is 444 g/mol. The fourth-order valence-electron chi connectivity index (χ4n) is 1.76. The van der Waals surface area contributed by atoms with Crippen molar-refractivity contribution < 1.29 is 19.4 Å². The Morgan fingerprint density at radius 3 is 2.52 bits per heavy atom. The zero-order valence-electron chi connectivity index (χ0n) is 12.5. The van der Waals surface area contributed by atoms with Crippen molar-refractivity contribution in [3.8, 4) is 5.75 Å². The molecule has 2 rings (SSSR count). The van der Waals surface area contributed by atoms with Crippen LogP contribution in [0.2, 0.25) is 10.0 Å². The topological polar surface area (TPSA) is 88.0 Å². The molecule has 0 aliphatic heterocycles. The molecule has 2 N–H and O–H groups in total. The van der Waals surface area contributed by atoms with Crippen molar-refractivity contribution >= 4 is 57.2 Å². The minimum Gasteiger partial charge on any atom is -0.479 e. The molecule has 2 aromatic rings. The Labute approximate surface area is 161 Å². The minimum absolute atomic E-state index is 0.209. The highest BCUT2D eigenvalue weighted by Crippen LogP contribution is 2.34. The van der Waals surface area contributed by atoms with Crippen LogP contribution in [0.1, 0.15) is 15.9 Å². The molecule has 130 valence electrons. The smallest absolute Gasteiger partial charge is 0.341 e. The van der Waals surface area contributed by atoms with Crippen molar-refractivity contribution in [1.29, 1.82) is 0 Å². The van der Waals surface area contributed by atoms with Crippen molar-refractivity contribution in [2.75, 3.05) is 6.61 Å². The summed E-state index contributed by atoms with van der Waals surface area (Å²) in [5.41, 5.74) is 3.38. The van der Waals surface area contributed by atoms with Gasteiger partial charge in [0, 0.05) is 10.6 Å². The van der Waals surface area contributed by atoms with E-state index in [1.54, 1.807) is 30.3 Å². The van der Waals surface area contributed by atoms with E-state index in [0.717, 1.165) is 0 Å². The van der Waals surface area contributed by atoms with Gasteiger partial charge in [0.25, 0.3) is 5.91 Å². The Morgan fingerprint density at radius 2 is 1.92 bits per heavy atom. The number of carboxylic acid groups (broad SMARTS) is 1. The van der Waals surface area contributed by atoms with Crippen LogP contribution in [0.5, 0.6) is 5.75 Å². The highest BCUT2D eigenvalue weighted by molar-refractivity contribution is 9.10. The molecule has 0 radical (unpaired) electrons. The Kier molecular flexibility index (Phi) is 6.81. The molecule has 0 aliphatic carbocycles. The van der Waals surface area contributed by atoms with Crippen LogP contribution in [0.4, 0.5) is 0 Å². The largest absolute Gasteiger partial charge is 0.479 e. The number of aliphatic carboxylic acids is 1. The fraction of sp³-hybridized carbons (Fsp3) is 0.0625. The van der Waals surface area contributed by atoms with E-state index in [2.05, 4.69) is 26.5 Å². The van der Waals surface area contributed by atoms with Gasteiger partial charge in [-0.15, -0.1) is 0 Å². The molecule has 0 aliphatic rings. The molecule has 2 aromatic carbocycles. The predicted molar refractivity (Wildman–Crippen MR) is 98.8 cm³/mol. The average molecular weight is 446 g/mol. The van der Waals surface area contributed by atoms with E-state index in [-0.39, 0.29) is 16.7 Å². The van der Waals surface area contributed by atoms with Crippen LogP contribution < -0.4 is 10.2 Å². The van der Waals surface area contributed by atoms with Gasteiger partial charge in [-0.1, -0.05) is 23.2 Å². The number of hydrazone groups is 1. The summed E-state index contributed by atoms with van der Waals surface area (Å²) >= 11 is 15.1. The number of halogens is 3. The first-order valence-electron chi connectivity index (χ1n) is 6.79. The molecule has 0 aromatic heterocycles. The molecule has 0 saturated carbocycles. The molecule has 0 heterocycles. The maximum atomic E-state index is 11.9. The third-order valence-electron chi connectivity index (χ3n) is 2.85. The van der Waals surface area contributed by atoms with Crippen LogP contribution in [0, 0.1) is 0 Å². The predicted octanol–water partition coefficient (Wildman–Crippen LogP) is 3.98. The molecule has 0 saturated heterocycles. The Bertz CT molecular complexity index is 802. The summed E-state index contributed by atoms with van der Waals surface area (Å²) in [4.78, 5) is 22.5. The van der Waals surface area contributed by atoms with Gasteiger partial charge in [0.1, 0.15) is 0 Å². The maximum Gasteiger partial charge on any atom is 0.341 e. The molecule has 0 unspecified atom stereocenters. The van der Waals surface area contributed by atoms with Gasteiger partial charge in [0.05, 0.1) is 15.7 Å². The number of carbonyl (C=O) groups excluding carboxylic acids is 1. The minimum atomic E-state index is -1.11. The third-order valence-corrected chi connectivity index (χ3v) is 3.97. The normalized spacial score (nSPS) is 10.7. The number of hydrogen-bond donors (Lipinski definition) is 2. The molecular weight excluding hydrogens is 435 g/mol. The Hall–Kier alpha value is -2.09. The first-order valence-corrected chi connectivity index (χ1v) is 8.34. The molecule has 1 amide bonds. The van der Waals surface area contributed by atoms with E-state index >= 15 is 0 Å². The Balaban J connectivity index is 2.04. The highest BCUT2D eigenvalue weighted by atomic mass is 79.9. The second-order valence-corrected chi connectivity index (χ2v) is 6.40. The molecule has 25 heavy (non-hydrogen) atoms. The third kappa shape index (κ3) is 5.74. The van der Waals surface area contributed by atoms with Gasteiger partial charge in [-0.25, -0.2) is 10.2 Å². The van der Waals surface area contributed by atoms with Crippen LogP contribution in [-0.4, -0.2) is 29.8 Å². The number of ether oxygens (including phenoxy) is 1. The fourth-order valence-corrected chi connectivity index (χ4v) is 2.87. The van der Waals surface area contributed by atoms with E-state index in [0.29, 0.717) is 20.6 Å². The number of nitrogens with zero attached hydrogens (tertiary/aromatic N) is 1. The van der Waals surface area contributed by atoms with Gasteiger partial charge < -0.3 is 9.84 Å². The lowest BCUT2D eigenvalue weighted by Crippen LogP contribution is -2.17. The number of benzene rings is 2. The van der Waals surface area contributed by atoms with Crippen LogP contribution in [0.25, 0.3) is 0 Å². The summed E-state index contributed by atoms with van der Waals surface area (Å²) in [6, 6.07) is 9.52. The van der Waals surface area contributed by atoms with E-state index < -0.39 is 12.6 Å². The molecule has 0 fully saturated rings. The van der Waals surface area contributed by atoms with Crippen molar-refractivity contribution in [3.63, 3.8) is 0 Å². The lowest BCUT2D eigenvalue weighted by molar-refractivity contribution is -0.139. The molecule has 0 atom stereocenters. The highest BCUT2D eigenvalue weighted by Gasteiger charge is 2.10. The maximum absolute atomic E-state index is 11.9. The van der Waals surface area contributed by atoms with Gasteiger partial charge >= 0.3 is 5.97 Å². The number of amides is 1. The van der Waals surface area contributed by atoms with Crippen molar-refractivity contribution in [3.05, 3.63) is 62.0 Å². The summed E-state index contributed by atoms with van der Waals surface area (Å²) in [7, 11) is 0. The van der Waals surface area contributed by atoms with Crippen LogP contribution in [-0.2, 0) is 4.79 Å². The SMILES string of the molecule is O=C(O)COc1c(Cl)cc(/C=N\NC(=O)c2ccc(Cl)cc2)cc1Br. The molecule has 0 spiro atoms. The number of carbonyl (C=O) groups is 2. The molecule has 9 heteroatoms.